The minimum Gasteiger partial charge on any atom is -0.443 e. The van der Waals surface area contributed by atoms with Crippen LogP contribution in [0.3, 0.4) is 0 Å². The Balaban J connectivity index is 2.60. The van der Waals surface area contributed by atoms with Gasteiger partial charge in [0, 0.05) is 0 Å². The fourth-order valence-corrected chi connectivity index (χ4v) is 1.02. The number of benzene rings is 1. The summed E-state index contributed by atoms with van der Waals surface area (Å²) in [6.45, 7) is 0. The maximum atomic E-state index is 8.27. The van der Waals surface area contributed by atoms with Crippen molar-refractivity contribution in [3.8, 4) is 0 Å². The van der Waals surface area contributed by atoms with Gasteiger partial charge in [0.25, 0.3) is 0 Å². The molecule has 2 aromatic rings. The Morgan fingerprint density at radius 2 is 2.42 bits per heavy atom. The van der Waals surface area contributed by atoms with Crippen molar-refractivity contribution in [2.75, 3.05) is 0 Å². The van der Waals surface area contributed by atoms with E-state index in [1.54, 1.807) is 18.2 Å². The average molecular weight is 162 g/mol. The predicted molar refractivity (Wildman–Crippen MR) is 43.4 cm³/mol. The Hall–Kier alpha value is -1.84. The molecule has 0 aliphatic rings. The first-order chi connectivity index (χ1) is 5.90. The van der Waals surface area contributed by atoms with E-state index in [2.05, 4.69) is 10.1 Å². The molecule has 0 saturated heterocycles. The van der Waals surface area contributed by atoms with Gasteiger partial charge in [0.05, 0.1) is 6.21 Å². The number of oxime groups is 1. The minimum absolute atomic E-state index is 0.687. The normalized spacial score (nSPS) is 11.3. The fourth-order valence-electron chi connectivity index (χ4n) is 1.02. The largest absolute Gasteiger partial charge is 0.443 e. The number of hydrogen-bond acceptors (Lipinski definition) is 4. The second kappa shape index (κ2) is 2.65. The van der Waals surface area contributed by atoms with Crippen LogP contribution in [0.2, 0.25) is 0 Å². The number of aromatic nitrogens is 1. The lowest BCUT2D eigenvalue weighted by atomic mass is 10.2. The van der Waals surface area contributed by atoms with Gasteiger partial charge in [-0.1, -0.05) is 11.2 Å². The molecule has 1 N–H and O–H groups in total. The maximum Gasteiger partial charge on any atom is 0.181 e. The van der Waals surface area contributed by atoms with Crippen LogP contribution in [0.15, 0.2) is 34.2 Å². The molecule has 0 aliphatic carbocycles. The molecule has 1 heterocycles. The van der Waals surface area contributed by atoms with E-state index in [0.717, 1.165) is 11.1 Å². The van der Waals surface area contributed by atoms with Crippen LogP contribution in [-0.4, -0.2) is 16.4 Å². The van der Waals surface area contributed by atoms with Gasteiger partial charge in [-0.05, 0) is 17.7 Å². The zero-order valence-corrected chi connectivity index (χ0v) is 6.14. The zero-order valence-electron chi connectivity index (χ0n) is 6.14. The monoisotopic (exact) mass is 162 g/mol. The molecular formula is C8H6N2O2. The number of oxazole rings is 1. The van der Waals surface area contributed by atoms with Crippen LogP contribution in [0.5, 0.6) is 0 Å². The van der Waals surface area contributed by atoms with Crippen molar-refractivity contribution in [1.29, 1.82) is 0 Å². The molecule has 0 spiro atoms. The van der Waals surface area contributed by atoms with Crippen molar-refractivity contribution >= 4 is 17.3 Å². The molecule has 0 radical (unpaired) electrons. The maximum absolute atomic E-state index is 8.27. The van der Waals surface area contributed by atoms with E-state index >= 15 is 0 Å². The second-order valence-corrected chi connectivity index (χ2v) is 2.32. The first-order valence-corrected chi connectivity index (χ1v) is 3.41. The average Bonchev–Trinajstić information content (AvgIpc) is 2.51. The second-order valence-electron chi connectivity index (χ2n) is 2.32. The summed E-state index contributed by atoms with van der Waals surface area (Å²) in [6, 6.07) is 5.35. The van der Waals surface area contributed by atoms with Crippen molar-refractivity contribution in [2.45, 2.75) is 0 Å². The Labute approximate surface area is 68.1 Å². The first-order valence-electron chi connectivity index (χ1n) is 3.41. The fraction of sp³-hybridized carbons (Fsp3) is 0. The molecule has 4 nitrogen and oxygen atoms in total. The van der Waals surface area contributed by atoms with Gasteiger partial charge in [0.15, 0.2) is 12.0 Å². The summed E-state index contributed by atoms with van der Waals surface area (Å²) in [4.78, 5) is 3.95. The molecule has 2 rings (SSSR count). The highest BCUT2D eigenvalue weighted by atomic mass is 16.4. The summed E-state index contributed by atoms with van der Waals surface area (Å²) in [7, 11) is 0. The first kappa shape index (κ1) is 6.84. The number of rotatable bonds is 1. The summed E-state index contributed by atoms with van der Waals surface area (Å²) in [5, 5.41) is 11.2. The molecular weight excluding hydrogens is 156 g/mol. The highest BCUT2D eigenvalue weighted by Gasteiger charge is 1.97. The Kier molecular flexibility index (Phi) is 1.51. The predicted octanol–water partition coefficient (Wildman–Crippen LogP) is 1.64. The standard InChI is InChI=1S/C8H6N2O2/c11-10-4-6-1-2-7-8(3-6)12-5-9-7/h1-5,11H/b10-4+. The van der Waals surface area contributed by atoms with E-state index in [9.17, 15) is 0 Å². The molecule has 0 saturated carbocycles. The van der Waals surface area contributed by atoms with Gasteiger partial charge in [-0.3, -0.25) is 0 Å². The summed E-state index contributed by atoms with van der Waals surface area (Å²) >= 11 is 0. The molecule has 1 aromatic heterocycles. The lowest BCUT2D eigenvalue weighted by molar-refractivity contribution is 0.322. The van der Waals surface area contributed by atoms with Crippen molar-refractivity contribution in [3.63, 3.8) is 0 Å². The SMILES string of the molecule is O/N=C/c1ccc2ncoc2c1. The zero-order chi connectivity index (χ0) is 8.39. The van der Waals surface area contributed by atoms with E-state index in [0.29, 0.717) is 5.58 Å². The van der Waals surface area contributed by atoms with Crippen molar-refractivity contribution in [2.24, 2.45) is 5.16 Å². The molecule has 0 aliphatic heterocycles. The highest BCUT2D eigenvalue weighted by Crippen LogP contribution is 2.12. The number of nitrogens with zero attached hydrogens (tertiary/aromatic N) is 2. The van der Waals surface area contributed by atoms with Gasteiger partial charge in [0.2, 0.25) is 0 Å². The lowest BCUT2D eigenvalue weighted by Crippen LogP contribution is -1.79. The topological polar surface area (TPSA) is 58.6 Å². The van der Waals surface area contributed by atoms with Crippen LogP contribution in [0.25, 0.3) is 11.1 Å². The summed E-state index contributed by atoms with van der Waals surface area (Å²) in [5.74, 6) is 0. The number of fused-ring (bicyclic) bond motifs is 1. The third-order valence-electron chi connectivity index (χ3n) is 1.56. The molecule has 4 heteroatoms. The van der Waals surface area contributed by atoms with E-state index < -0.39 is 0 Å². The molecule has 0 unspecified atom stereocenters. The van der Waals surface area contributed by atoms with Crippen molar-refractivity contribution < 1.29 is 9.62 Å². The van der Waals surface area contributed by atoms with Crippen LogP contribution < -0.4 is 0 Å². The van der Waals surface area contributed by atoms with Gasteiger partial charge in [-0.15, -0.1) is 0 Å². The molecule has 1 aromatic carbocycles. The van der Waals surface area contributed by atoms with Crippen LogP contribution in [0, 0.1) is 0 Å². The Morgan fingerprint density at radius 1 is 1.50 bits per heavy atom. The van der Waals surface area contributed by atoms with Gasteiger partial charge < -0.3 is 9.62 Å². The Bertz CT molecular complexity index is 420. The van der Waals surface area contributed by atoms with Gasteiger partial charge >= 0.3 is 0 Å². The highest BCUT2D eigenvalue weighted by molar-refractivity contribution is 5.85. The minimum atomic E-state index is 0.687. The Morgan fingerprint density at radius 3 is 3.25 bits per heavy atom. The molecule has 12 heavy (non-hydrogen) atoms. The summed E-state index contributed by atoms with van der Waals surface area (Å²) < 4.78 is 5.05. The van der Waals surface area contributed by atoms with E-state index in [4.69, 9.17) is 9.62 Å². The third-order valence-corrected chi connectivity index (χ3v) is 1.56. The smallest absolute Gasteiger partial charge is 0.181 e. The summed E-state index contributed by atoms with van der Waals surface area (Å²) in [6.07, 6.45) is 2.71. The van der Waals surface area contributed by atoms with E-state index in [-0.39, 0.29) is 0 Å². The van der Waals surface area contributed by atoms with Crippen molar-refractivity contribution in [1.82, 2.24) is 4.98 Å². The molecule has 0 atom stereocenters. The van der Waals surface area contributed by atoms with E-state index in [1.165, 1.54) is 12.6 Å². The molecule has 0 amide bonds. The van der Waals surface area contributed by atoms with Gasteiger partial charge in [-0.2, -0.15) is 0 Å². The molecule has 0 fully saturated rings. The van der Waals surface area contributed by atoms with Gasteiger partial charge in [0.1, 0.15) is 5.52 Å². The van der Waals surface area contributed by atoms with Crippen molar-refractivity contribution in [3.05, 3.63) is 30.2 Å². The van der Waals surface area contributed by atoms with Crippen LogP contribution >= 0.6 is 0 Å². The van der Waals surface area contributed by atoms with Crippen LogP contribution in [0.4, 0.5) is 0 Å². The molecule has 0 bridgehead atoms. The lowest BCUT2D eigenvalue weighted by Gasteiger charge is -1.89. The quantitative estimate of drug-likeness (QED) is 0.394. The van der Waals surface area contributed by atoms with Gasteiger partial charge in [-0.25, -0.2) is 4.98 Å². The molecule has 60 valence electrons. The van der Waals surface area contributed by atoms with Crippen LogP contribution in [0.1, 0.15) is 5.56 Å². The number of hydrogen-bond donors (Lipinski definition) is 1. The summed E-state index contributed by atoms with van der Waals surface area (Å²) in [5.41, 5.74) is 2.26. The van der Waals surface area contributed by atoms with Crippen LogP contribution in [-0.2, 0) is 0 Å². The third kappa shape index (κ3) is 1.03. The van der Waals surface area contributed by atoms with E-state index in [1.807, 2.05) is 0 Å².